The topological polar surface area (TPSA) is 71.1 Å². The molecule has 5 rings (SSSR count). The van der Waals surface area contributed by atoms with E-state index in [9.17, 15) is 9.59 Å². The summed E-state index contributed by atoms with van der Waals surface area (Å²) >= 11 is 0. The Morgan fingerprint density at radius 2 is 0.625 bits per heavy atom. The van der Waals surface area contributed by atoms with Crippen molar-refractivity contribution in [3.05, 3.63) is 104 Å². The molecule has 0 aliphatic heterocycles. The summed E-state index contributed by atoms with van der Waals surface area (Å²) in [5.41, 5.74) is 9.46. The van der Waals surface area contributed by atoms with E-state index in [2.05, 4.69) is 91.2 Å². The van der Waals surface area contributed by atoms with E-state index in [1.54, 1.807) is 0 Å². The molecule has 300 valence electrons. The normalized spacial score (nSPS) is 12.9. The fourth-order valence-electron chi connectivity index (χ4n) is 7.50. The molecular formula is C48H64O6Si2. The fourth-order valence-corrected chi connectivity index (χ4v) is 9.93. The van der Waals surface area contributed by atoms with Crippen molar-refractivity contribution in [3.8, 4) is 23.0 Å². The first kappa shape index (κ1) is 43.0. The van der Waals surface area contributed by atoms with Gasteiger partial charge in [-0.1, -0.05) is 102 Å². The minimum Gasteiger partial charge on any atom is -0.493 e. The molecule has 1 aliphatic rings. The second kappa shape index (κ2) is 18.9. The van der Waals surface area contributed by atoms with Crippen LogP contribution in [-0.2, 0) is 25.7 Å². The first-order valence-corrected chi connectivity index (χ1v) is 27.8. The lowest BCUT2D eigenvalue weighted by Gasteiger charge is -2.27. The zero-order valence-corrected chi connectivity index (χ0v) is 37.7. The molecule has 56 heavy (non-hydrogen) atoms. The van der Waals surface area contributed by atoms with Crippen molar-refractivity contribution in [2.75, 3.05) is 26.4 Å². The Kier molecular flexibility index (Phi) is 14.5. The largest absolute Gasteiger partial charge is 0.493 e. The Bertz CT molecular complexity index is 1780. The van der Waals surface area contributed by atoms with Gasteiger partial charge in [0.2, 0.25) is 0 Å². The highest BCUT2D eigenvalue weighted by molar-refractivity contribution is 6.89. The molecule has 4 aromatic carbocycles. The lowest BCUT2D eigenvalue weighted by Crippen LogP contribution is -2.38. The Morgan fingerprint density at radius 1 is 0.411 bits per heavy atom. The third-order valence-electron chi connectivity index (χ3n) is 10.3. The molecule has 0 heterocycles. The summed E-state index contributed by atoms with van der Waals surface area (Å²) < 4.78 is 26.9. The average Bonchev–Trinajstić information content (AvgIpc) is 3.15. The number of fused-ring (bicyclic) bond motifs is 8. The van der Waals surface area contributed by atoms with Crippen LogP contribution in [0.2, 0.25) is 39.3 Å². The summed E-state index contributed by atoms with van der Waals surface area (Å²) in [7, 11) is -3.68. The van der Waals surface area contributed by atoms with Crippen LogP contribution in [0.4, 0.5) is 0 Å². The van der Waals surface area contributed by atoms with Crippen LogP contribution in [0, 0.1) is 0 Å². The van der Waals surface area contributed by atoms with E-state index in [0.29, 0.717) is 63.2 Å². The molecule has 0 fully saturated rings. The van der Waals surface area contributed by atoms with Gasteiger partial charge in [-0.25, -0.2) is 0 Å². The zero-order valence-electron chi connectivity index (χ0n) is 35.7. The maximum Gasteiger partial charge on any atom is 0.150 e. The summed E-state index contributed by atoms with van der Waals surface area (Å²) in [6.45, 7) is 25.0. The van der Waals surface area contributed by atoms with Gasteiger partial charge in [0.05, 0.1) is 42.6 Å². The summed E-state index contributed by atoms with van der Waals surface area (Å²) in [5.74, 6) is 3.40. The van der Waals surface area contributed by atoms with Crippen LogP contribution in [0.25, 0.3) is 0 Å². The van der Waals surface area contributed by atoms with Gasteiger partial charge in [-0.3, -0.25) is 9.59 Å². The van der Waals surface area contributed by atoms with Crippen LogP contribution >= 0.6 is 0 Å². The van der Waals surface area contributed by atoms with E-state index in [0.717, 1.165) is 106 Å². The lowest BCUT2D eigenvalue weighted by molar-refractivity contribution is 0.111. The predicted octanol–water partition coefficient (Wildman–Crippen LogP) is 10.2. The highest BCUT2D eigenvalue weighted by Crippen LogP contribution is 2.40. The number of rotatable bonds is 16. The average molecular weight is 793 g/mol. The molecule has 0 aromatic heterocycles. The van der Waals surface area contributed by atoms with Crippen molar-refractivity contribution >= 4 is 39.1 Å². The van der Waals surface area contributed by atoms with E-state index < -0.39 is 16.1 Å². The van der Waals surface area contributed by atoms with E-state index >= 15 is 0 Å². The van der Waals surface area contributed by atoms with Crippen LogP contribution < -0.4 is 29.3 Å². The molecular weight excluding hydrogens is 729 g/mol. The standard InChI is InChI=1S/C48H64O6Si2/c1-11-15-51-45-35-19-33(31-49)20-36(45)24-40-28-44(56(8,9)10)30-42(48(40)54-18-14-4)26-38-22-34(32-50)21-37(46(38)52-16-12-2)25-41-29-43(55(5,6)7)27-39(23-35)47(41)53-17-13-3/h19-22,27-32H,11-18,23-26H2,1-10H3. The molecule has 0 amide bonds. The summed E-state index contributed by atoms with van der Waals surface area (Å²) in [6, 6.07) is 17.4. The summed E-state index contributed by atoms with van der Waals surface area (Å²) in [5, 5.41) is 2.65. The highest BCUT2D eigenvalue weighted by Gasteiger charge is 2.28. The summed E-state index contributed by atoms with van der Waals surface area (Å²) in [6.07, 6.45) is 7.51. The van der Waals surface area contributed by atoms with Crippen molar-refractivity contribution in [3.63, 3.8) is 0 Å². The third kappa shape index (κ3) is 10.2. The van der Waals surface area contributed by atoms with E-state index in [1.165, 1.54) is 10.4 Å². The molecule has 1 aliphatic carbocycles. The van der Waals surface area contributed by atoms with Crippen molar-refractivity contribution < 1.29 is 28.5 Å². The third-order valence-corrected chi connectivity index (χ3v) is 14.4. The minimum absolute atomic E-state index is 0.538. The SMILES string of the molecule is CCCOc1c2cc(C=O)cc1Cc1cc([Si](C)(C)C)cc(c1OCCC)Cc1cc(C=O)cc(c1OCCC)Cc1cc([Si](C)(C)C)cc(c1OCCC)C2. The second-order valence-electron chi connectivity index (χ2n) is 17.4. The highest BCUT2D eigenvalue weighted by atomic mass is 28.3. The Balaban J connectivity index is 1.96. The van der Waals surface area contributed by atoms with Crippen molar-refractivity contribution in [1.29, 1.82) is 0 Å². The van der Waals surface area contributed by atoms with Crippen LogP contribution in [0.15, 0.2) is 48.5 Å². The Labute approximate surface area is 338 Å². The lowest BCUT2D eigenvalue weighted by atomic mass is 9.89. The van der Waals surface area contributed by atoms with Crippen LogP contribution in [0.1, 0.15) is 119 Å². The molecule has 0 unspecified atom stereocenters. The van der Waals surface area contributed by atoms with Gasteiger partial charge in [-0.05, 0) is 94.5 Å². The number of hydrogen-bond acceptors (Lipinski definition) is 6. The molecule has 6 nitrogen and oxygen atoms in total. The van der Waals surface area contributed by atoms with E-state index in [-0.39, 0.29) is 0 Å². The van der Waals surface area contributed by atoms with Crippen LogP contribution in [0.3, 0.4) is 0 Å². The second-order valence-corrected chi connectivity index (χ2v) is 27.6. The molecule has 0 radical (unpaired) electrons. The van der Waals surface area contributed by atoms with Gasteiger partial charge in [-0.15, -0.1) is 0 Å². The number of carbonyl (C=O) groups is 2. The first-order chi connectivity index (χ1) is 26.7. The number of aldehydes is 2. The molecule has 0 saturated heterocycles. The number of carbonyl (C=O) groups excluding carboxylic acids is 2. The van der Waals surface area contributed by atoms with E-state index in [4.69, 9.17) is 18.9 Å². The number of ether oxygens (including phenoxy) is 4. The van der Waals surface area contributed by atoms with Gasteiger partial charge in [-0.2, -0.15) is 0 Å². The molecule has 0 N–H and O–H groups in total. The smallest absolute Gasteiger partial charge is 0.150 e. The molecule has 0 saturated carbocycles. The number of hydrogen-bond donors (Lipinski definition) is 0. The van der Waals surface area contributed by atoms with Gasteiger partial charge in [0.15, 0.2) is 0 Å². The van der Waals surface area contributed by atoms with Gasteiger partial charge < -0.3 is 18.9 Å². The Morgan fingerprint density at radius 3 is 0.804 bits per heavy atom. The monoisotopic (exact) mass is 792 g/mol. The fraction of sp³-hybridized carbons (Fsp3) is 0.458. The molecule has 8 bridgehead atoms. The van der Waals surface area contributed by atoms with Crippen molar-refractivity contribution in [2.45, 2.75) is 118 Å². The van der Waals surface area contributed by atoms with Gasteiger partial charge in [0.25, 0.3) is 0 Å². The minimum atomic E-state index is -1.84. The van der Waals surface area contributed by atoms with Gasteiger partial charge in [0.1, 0.15) is 35.6 Å². The molecule has 8 heteroatoms. The van der Waals surface area contributed by atoms with Gasteiger partial charge >= 0.3 is 0 Å². The molecule has 0 spiro atoms. The molecule has 4 aromatic rings. The van der Waals surface area contributed by atoms with Gasteiger partial charge in [0, 0.05) is 36.8 Å². The number of benzene rings is 4. The maximum atomic E-state index is 12.7. The van der Waals surface area contributed by atoms with Crippen molar-refractivity contribution in [1.82, 2.24) is 0 Å². The van der Waals surface area contributed by atoms with Crippen molar-refractivity contribution in [2.24, 2.45) is 0 Å². The quantitative estimate of drug-likeness (QED) is 0.0732. The Hall–Kier alpha value is -4.15. The predicted molar refractivity (Wildman–Crippen MR) is 237 cm³/mol. The van der Waals surface area contributed by atoms with E-state index in [1.807, 2.05) is 24.3 Å². The zero-order chi connectivity index (χ0) is 40.6. The molecule has 0 atom stereocenters. The maximum absolute atomic E-state index is 12.7. The first-order valence-electron chi connectivity index (χ1n) is 20.8. The summed E-state index contributed by atoms with van der Waals surface area (Å²) in [4.78, 5) is 25.4. The van der Waals surface area contributed by atoms with Crippen LogP contribution in [0.5, 0.6) is 23.0 Å². The van der Waals surface area contributed by atoms with Crippen LogP contribution in [-0.4, -0.2) is 55.1 Å².